The van der Waals surface area contributed by atoms with Gasteiger partial charge in [-0.2, -0.15) is 0 Å². The Bertz CT molecular complexity index is 764. The van der Waals surface area contributed by atoms with Crippen LogP contribution in [0.3, 0.4) is 0 Å². The highest BCUT2D eigenvalue weighted by Gasteiger charge is 2.14. The molecule has 4 nitrogen and oxygen atoms in total. The van der Waals surface area contributed by atoms with Gasteiger partial charge in [0.05, 0.1) is 0 Å². The summed E-state index contributed by atoms with van der Waals surface area (Å²) >= 11 is 0. The van der Waals surface area contributed by atoms with Crippen LogP contribution in [0.15, 0.2) is 42.5 Å². The van der Waals surface area contributed by atoms with Gasteiger partial charge in [0.15, 0.2) is 0 Å². The highest BCUT2D eigenvalue weighted by molar-refractivity contribution is 5.94. The Hall–Kier alpha value is -2.17. The van der Waals surface area contributed by atoms with Gasteiger partial charge in [-0.3, -0.25) is 9.69 Å². The first kappa shape index (κ1) is 18.6. The van der Waals surface area contributed by atoms with Gasteiger partial charge in [0, 0.05) is 44.8 Å². The highest BCUT2D eigenvalue weighted by atomic mass is 16.1. The molecule has 0 atom stereocenters. The maximum atomic E-state index is 12.4. The van der Waals surface area contributed by atoms with Gasteiger partial charge in [0.1, 0.15) is 0 Å². The highest BCUT2D eigenvalue weighted by Crippen LogP contribution is 2.12. The predicted molar refractivity (Wildman–Crippen MR) is 106 cm³/mol. The van der Waals surface area contributed by atoms with Gasteiger partial charge in [0.25, 0.3) is 5.91 Å². The van der Waals surface area contributed by atoms with Gasteiger partial charge in [0.2, 0.25) is 0 Å². The summed E-state index contributed by atoms with van der Waals surface area (Å²) in [7, 11) is 2.18. The third-order valence-electron chi connectivity index (χ3n) is 5.22. The van der Waals surface area contributed by atoms with Crippen molar-refractivity contribution >= 4 is 5.91 Å². The van der Waals surface area contributed by atoms with Crippen molar-refractivity contribution in [3.63, 3.8) is 0 Å². The van der Waals surface area contributed by atoms with Crippen molar-refractivity contribution in [1.29, 1.82) is 0 Å². The minimum Gasteiger partial charge on any atom is -0.348 e. The molecule has 0 unspecified atom stereocenters. The number of hydrogen-bond acceptors (Lipinski definition) is 3. The number of nitrogens with zero attached hydrogens (tertiary/aromatic N) is 2. The van der Waals surface area contributed by atoms with Crippen LogP contribution in [0, 0.1) is 13.8 Å². The molecule has 26 heavy (non-hydrogen) atoms. The molecule has 1 aliphatic rings. The number of carbonyl (C=O) groups is 1. The lowest BCUT2D eigenvalue weighted by Gasteiger charge is -2.32. The van der Waals surface area contributed by atoms with E-state index in [1.165, 1.54) is 11.1 Å². The minimum atomic E-state index is -0.0161. The van der Waals surface area contributed by atoms with E-state index in [0.717, 1.165) is 49.4 Å². The SMILES string of the molecule is Cc1ccc(C(=O)NCc2cccc(CN3CCN(C)CC3)c2)cc1C. The van der Waals surface area contributed by atoms with Gasteiger partial charge < -0.3 is 10.2 Å². The molecule has 1 aliphatic heterocycles. The van der Waals surface area contributed by atoms with E-state index in [0.29, 0.717) is 6.54 Å². The second-order valence-corrected chi connectivity index (χ2v) is 7.38. The zero-order valence-corrected chi connectivity index (χ0v) is 16.1. The fourth-order valence-electron chi connectivity index (χ4n) is 3.27. The predicted octanol–water partition coefficient (Wildman–Crippen LogP) is 2.98. The lowest BCUT2D eigenvalue weighted by atomic mass is 10.1. The molecule has 2 aromatic rings. The number of nitrogens with one attached hydrogen (secondary N) is 1. The minimum absolute atomic E-state index is 0.0161. The van der Waals surface area contributed by atoms with Gasteiger partial charge in [-0.15, -0.1) is 0 Å². The Morgan fingerprint density at radius 2 is 1.69 bits per heavy atom. The molecule has 1 saturated heterocycles. The van der Waals surface area contributed by atoms with E-state index in [2.05, 4.69) is 53.4 Å². The third kappa shape index (κ3) is 4.93. The maximum absolute atomic E-state index is 12.4. The Labute approximate surface area is 156 Å². The van der Waals surface area contributed by atoms with Crippen LogP contribution in [0.4, 0.5) is 0 Å². The molecule has 1 fully saturated rings. The topological polar surface area (TPSA) is 35.6 Å². The Morgan fingerprint density at radius 3 is 2.42 bits per heavy atom. The van der Waals surface area contributed by atoms with Crippen LogP contribution in [0.1, 0.15) is 32.6 Å². The van der Waals surface area contributed by atoms with Crippen LogP contribution in [0.5, 0.6) is 0 Å². The molecule has 1 heterocycles. The summed E-state index contributed by atoms with van der Waals surface area (Å²) in [4.78, 5) is 17.3. The molecule has 4 heteroatoms. The molecule has 0 spiro atoms. The second kappa shape index (κ2) is 8.47. The first-order valence-electron chi connectivity index (χ1n) is 9.35. The number of piperazine rings is 1. The van der Waals surface area contributed by atoms with Crippen LogP contribution in [-0.4, -0.2) is 48.9 Å². The maximum Gasteiger partial charge on any atom is 0.251 e. The van der Waals surface area contributed by atoms with Crippen molar-refractivity contribution in [3.05, 3.63) is 70.3 Å². The number of hydrogen-bond donors (Lipinski definition) is 1. The Balaban J connectivity index is 1.56. The van der Waals surface area contributed by atoms with Crippen molar-refractivity contribution in [1.82, 2.24) is 15.1 Å². The third-order valence-corrected chi connectivity index (χ3v) is 5.22. The van der Waals surface area contributed by atoms with Gasteiger partial charge in [-0.05, 0) is 55.3 Å². The van der Waals surface area contributed by atoms with E-state index in [1.807, 2.05) is 25.1 Å². The quantitative estimate of drug-likeness (QED) is 0.900. The van der Waals surface area contributed by atoms with Crippen molar-refractivity contribution in [2.45, 2.75) is 26.9 Å². The average molecular weight is 351 g/mol. The fourth-order valence-corrected chi connectivity index (χ4v) is 3.27. The van der Waals surface area contributed by atoms with E-state index in [-0.39, 0.29) is 5.91 Å². The molecular weight excluding hydrogens is 322 g/mol. The Morgan fingerprint density at radius 1 is 0.962 bits per heavy atom. The van der Waals surface area contributed by atoms with Crippen molar-refractivity contribution < 1.29 is 4.79 Å². The first-order chi connectivity index (χ1) is 12.5. The van der Waals surface area contributed by atoms with Gasteiger partial charge >= 0.3 is 0 Å². The van der Waals surface area contributed by atoms with E-state index in [1.54, 1.807) is 0 Å². The van der Waals surface area contributed by atoms with Crippen LogP contribution >= 0.6 is 0 Å². The van der Waals surface area contributed by atoms with Crippen molar-refractivity contribution in [3.8, 4) is 0 Å². The molecule has 0 aliphatic carbocycles. The standard InChI is InChI=1S/C22H29N3O/c1-17-7-8-21(13-18(17)2)22(26)23-15-19-5-4-6-20(14-19)16-25-11-9-24(3)10-12-25/h4-8,13-14H,9-12,15-16H2,1-3H3,(H,23,26). The van der Waals surface area contributed by atoms with E-state index in [4.69, 9.17) is 0 Å². The van der Waals surface area contributed by atoms with Crippen molar-refractivity contribution in [2.75, 3.05) is 33.2 Å². The van der Waals surface area contributed by atoms with Crippen LogP contribution in [-0.2, 0) is 13.1 Å². The molecule has 0 bridgehead atoms. The summed E-state index contributed by atoms with van der Waals surface area (Å²) in [6.07, 6.45) is 0. The van der Waals surface area contributed by atoms with E-state index >= 15 is 0 Å². The van der Waals surface area contributed by atoms with E-state index in [9.17, 15) is 4.79 Å². The first-order valence-corrected chi connectivity index (χ1v) is 9.35. The summed E-state index contributed by atoms with van der Waals surface area (Å²) in [6.45, 7) is 10.1. The number of amides is 1. The van der Waals surface area contributed by atoms with Crippen LogP contribution < -0.4 is 5.32 Å². The molecule has 3 rings (SSSR count). The zero-order chi connectivity index (χ0) is 18.5. The molecule has 1 N–H and O–H groups in total. The molecule has 0 saturated carbocycles. The zero-order valence-electron chi connectivity index (χ0n) is 16.1. The fraction of sp³-hybridized carbons (Fsp3) is 0.409. The molecule has 1 amide bonds. The van der Waals surface area contributed by atoms with E-state index < -0.39 is 0 Å². The van der Waals surface area contributed by atoms with Crippen molar-refractivity contribution in [2.24, 2.45) is 0 Å². The monoisotopic (exact) mass is 351 g/mol. The van der Waals surface area contributed by atoms with Gasteiger partial charge in [-0.25, -0.2) is 0 Å². The normalized spacial score (nSPS) is 15.8. The second-order valence-electron chi connectivity index (χ2n) is 7.38. The lowest BCUT2D eigenvalue weighted by Crippen LogP contribution is -2.43. The average Bonchev–Trinajstić information content (AvgIpc) is 2.64. The van der Waals surface area contributed by atoms with Crippen LogP contribution in [0.2, 0.25) is 0 Å². The molecular formula is C22H29N3O. The van der Waals surface area contributed by atoms with Crippen LogP contribution in [0.25, 0.3) is 0 Å². The molecule has 138 valence electrons. The molecule has 0 aromatic heterocycles. The summed E-state index contributed by atoms with van der Waals surface area (Å²) in [5.74, 6) is -0.0161. The smallest absolute Gasteiger partial charge is 0.251 e. The summed E-state index contributed by atoms with van der Waals surface area (Å²) < 4.78 is 0. The largest absolute Gasteiger partial charge is 0.348 e. The summed E-state index contributed by atoms with van der Waals surface area (Å²) in [6, 6.07) is 14.4. The number of aryl methyl sites for hydroxylation is 2. The number of rotatable bonds is 5. The Kier molecular flexibility index (Phi) is 6.07. The number of benzene rings is 2. The number of likely N-dealkylation sites (N-methyl/N-ethyl adjacent to an activating group) is 1. The number of carbonyl (C=O) groups excluding carboxylic acids is 1. The summed E-state index contributed by atoms with van der Waals surface area (Å²) in [5.41, 5.74) is 5.54. The summed E-state index contributed by atoms with van der Waals surface area (Å²) in [5, 5.41) is 3.04. The van der Waals surface area contributed by atoms with Gasteiger partial charge in [-0.1, -0.05) is 30.3 Å². The molecule has 2 aromatic carbocycles. The lowest BCUT2D eigenvalue weighted by molar-refractivity contribution is 0.0951. The molecule has 0 radical (unpaired) electrons.